The highest BCUT2D eigenvalue weighted by Gasteiger charge is 2.54. The van der Waals surface area contributed by atoms with Gasteiger partial charge in [0.25, 0.3) is 0 Å². The van der Waals surface area contributed by atoms with E-state index < -0.39 is 5.60 Å². The largest absolute Gasteiger partial charge is 0.458 e. The summed E-state index contributed by atoms with van der Waals surface area (Å²) in [4.78, 5) is 26.8. The Labute approximate surface area is 141 Å². The summed E-state index contributed by atoms with van der Waals surface area (Å²) in [5.74, 6) is -0.631. The second-order valence-corrected chi connectivity index (χ2v) is 6.78. The van der Waals surface area contributed by atoms with E-state index >= 15 is 0 Å². The quantitative estimate of drug-likeness (QED) is 0.732. The first kappa shape index (κ1) is 17.0. The summed E-state index contributed by atoms with van der Waals surface area (Å²) >= 11 is 0. The zero-order chi connectivity index (χ0) is 17.2. The molecule has 1 aromatic heterocycles. The Morgan fingerprint density at radius 1 is 1.50 bits per heavy atom. The molecule has 1 saturated heterocycles. The Hall–Kier alpha value is -1.89. The fraction of sp³-hybridized carbons (Fsp3) is 0.706. The van der Waals surface area contributed by atoms with Crippen molar-refractivity contribution in [2.24, 2.45) is 13.0 Å². The number of carbonyl (C=O) groups excluding carboxylic acids is 2. The van der Waals surface area contributed by atoms with Gasteiger partial charge in [0.2, 0.25) is 5.91 Å². The number of aromatic nitrogens is 2. The smallest absolute Gasteiger partial charge is 0.307 e. The highest BCUT2D eigenvalue weighted by Crippen LogP contribution is 2.46. The molecule has 1 atom stereocenters. The number of ether oxygens (including phenoxy) is 2. The molecule has 1 saturated carbocycles. The summed E-state index contributed by atoms with van der Waals surface area (Å²) in [5, 5.41) is 4.16. The average Bonchev–Trinajstić information content (AvgIpc) is 3.25. The van der Waals surface area contributed by atoms with Crippen molar-refractivity contribution >= 4 is 11.9 Å². The Morgan fingerprint density at radius 3 is 2.88 bits per heavy atom. The second-order valence-electron chi connectivity index (χ2n) is 6.78. The maximum atomic E-state index is 13.2. The predicted molar refractivity (Wildman–Crippen MR) is 85.9 cm³/mol. The number of esters is 1. The Morgan fingerprint density at radius 2 is 2.25 bits per heavy atom. The normalized spacial score (nSPS) is 22.1. The Balaban J connectivity index is 1.78. The van der Waals surface area contributed by atoms with Gasteiger partial charge < -0.3 is 14.4 Å². The van der Waals surface area contributed by atoms with E-state index in [4.69, 9.17) is 9.47 Å². The SMILES string of the molecule is COCCN(Cc1cnn(C)c1)C(=O)C1CC(=O)OC12CCCC2. The molecule has 0 aromatic carbocycles. The van der Waals surface area contributed by atoms with Gasteiger partial charge in [-0.2, -0.15) is 5.10 Å². The molecule has 1 aromatic rings. The first-order chi connectivity index (χ1) is 11.5. The molecule has 132 valence electrons. The van der Waals surface area contributed by atoms with Crippen LogP contribution in [-0.4, -0.2) is 52.4 Å². The van der Waals surface area contributed by atoms with Gasteiger partial charge in [0.05, 0.1) is 25.1 Å². The van der Waals surface area contributed by atoms with E-state index in [1.807, 2.05) is 13.2 Å². The molecular formula is C17H25N3O4. The van der Waals surface area contributed by atoms with Gasteiger partial charge in [-0.1, -0.05) is 0 Å². The molecule has 24 heavy (non-hydrogen) atoms. The summed E-state index contributed by atoms with van der Waals surface area (Å²) in [6.07, 6.45) is 7.45. The van der Waals surface area contributed by atoms with Gasteiger partial charge in [-0.3, -0.25) is 14.3 Å². The van der Waals surface area contributed by atoms with Crippen molar-refractivity contribution in [3.05, 3.63) is 18.0 Å². The number of rotatable bonds is 6. The van der Waals surface area contributed by atoms with Crippen LogP contribution in [0.3, 0.4) is 0 Å². The van der Waals surface area contributed by atoms with E-state index in [-0.39, 0.29) is 24.2 Å². The molecule has 0 bridgehead atoms. The number of methoxy groups -OCH3 is 1. The number of amides is 1. The Bertz CT molecular complexity index is 607. The third-order valence-corrected chi connectivity index (χ3v) is 5.08. The summed E-state index contributed by atoms with van der Waals surface area (Å²) < 4.78 is 12.5. The van der Waals surface area contributed by atoms with Crippen molar-refractivity contribution in [1.82, 2.24) is 14.7 Å². The zero-order valence-corrected chi connectivity index (χ0v) is 14.4. The van der Waals surface area contributed by atoms with Crippen LogP contribution < -0.4 is 0 Å². The van der Waals surface area contributed by atoms with E-state index in [0.29, 0.717) is 19.7 Å². The van der Waals surface area contributed by atoms with Crippen LogP contribution in [0.25, 0.3) is 0 Å². The van der Waals surface area contributed by atoms with Gasteiger partial charge in [0.1, 0.15) is 5.60 Å². The lowest BCUT2D eigenvalue weighted by molar-refractivity contribution is -0.152. The fourth-order valence-corrected chi connectivity index (χ4v) is 3.89. The third kappa shape index (κ3) is 3.31. The van der Waals surface area contributed by atoms with Crippen LogP contribution in [0, 0.1) is 5.92 Å². The minimum absolute atomic E-state index is 0.0105. The van der Waals surface area contributed by atoms with Crippen molar-refractivity contribution in [3.8, 4) is 0 Å². The minimum atomic E-state index is -0.575. The van der Waals surface area contributed by atoms with Crippen molar-refractivity contribution in [1.29, 1.82) is 0 Å². The molecule has 1 spiro atoms. The first-order valence-corrected chi connectivity index (χ1v) is 8.51. The van der Waals surface area contributed by atoms with E-state index in [0.717, 1.165) is 31.2 Å². The van der Waals surface area contributed by atoms with Crippen molar-refractivity contribution < 1.29 is 19.1 Å². The fourth-order valence-electron chi connectivity index (χ4n) is 3.89. The summed E-state index contributed by atoms with van der Waals surface area (Å²) in [7, 11) is 3.47. The molecule has 1 amide bonds. The lowest BCUT2D eigenvalue weighted by Gasteiger charge is -2.32. The molecule has 1 aliphatic carbocycles. The topological polar surface area (TPSA) is 73.7 Å². The van der Waals surface area contributed by atoms with Crippen LogP contribution in [0.4, 0.5) is 0 Å². The Kier molecular flexibility index (Phi) is 4.89. The number of hydrogen-bond donors (Lipinski definition) is 0. The molecule has 1 unspecified atom stereocenters. The summed E-state index contributed by atoms with van der Waals surface area (Å²) in [6.45, 7) is 1.42. The molecule has 1 aliphatic heterocycles. The average molecular weight is 335 g/mol. The number of nitrogens with zero attached hydrogens (tertiary/aromatic N) is 3. The first-order valence-electron chi connectivity index (χ1n) is 8.51. The predicted octanol–water partition coefficient (Wildman–Crippen LogP) is 1.27. The van der Waals surface area contributed by atoms with Crippen LogP contribution in [0.5, 0.6) is 0 Å². The highest BCUT2D eigenvalue weighted by molar-refractivity contribution is 5.88. The molecule has 0 N–H and O–H groups in total. The molecule has 7 heteroatoms. The molecule has 0 radical (unpaired) electrons. The standard InChI is InChI=1S/C17H25N3O4/c1-19-11-13(10-18-19)12-20(7-8-23-2)16(22)14-9-15(21)24-17(14)5-3-4-6-17/h10-11,14H,3-9,12H2,1-2H3. The van der Waals surface area contributed by atoms with Gasteiger partial charge >= 0.3 is 5.97 Å². The number of hydrogen-bond acceptors (Lipinski definition) is 5. The number of carbonyl (C=O) groups is 2. The van der Waals surface area contributed by atoms with Gasteiger partial charge in [0, 0.05) is 39.0 Å². The van der Waals surface area contributed by atoms with E-state index in [9.17, 15) is 9.59 Å². The van der Waals surface area contributed by atoms with Crippen molar-refractivity contribution in [2.75, 3.05) is 20.3 Å². The van der Waals surface area contributed by atoms with E-state index in [2.05, 4.69) is 5.10 Å². The maximum Gasteiger partial charge on any atom is 0.307 e. The highest BCUT2D eigenvalue weighted by atomic mass is 16.6. The molecule has 2 aliphatic rings. The maximum absolute atomic E-state index is 13.2. The van der Waals surface area contributed by atoms with Gasteiger partial charge in [0.15, 0.2) is 0 Å². The second kappa shape index (κ2) is 6.93. The van der Waals surface area contributed by atoms with Gasteiger partial charge in [-0.15, -0.1) is 0 Å². The molecule has 2 heterocycles. The monoisotopic (exact) mass is 335 g/mol. The van der Waals surface area contributed by atoms with Crippen LogP contribution in [0.15, 0.2) is 12.4 Å². The zero-order valence-electron chi connectivity index (χ0n) is 14.4. The van der Waals surface area contributed by atoms with Crippen molar-refractivity contribution in [3.63, 3.8) is 0 Å². The van der Waals surface area contributed by atoms with Gasteiger partial charge in [-0.05, 0) is 25.7 Å². The summed E-state index contributed by atoms with van der Waals surface area (Å²) in [5.41, 5.74) is 0.390. The molecule has 3 rings (SSSR count). The van der Waals surface area contributed by atoms with Crippen molar-refractivity contribution in [2.45, 2.75) is 44.2 Å². The summed E-state index contributed by atoms with van der Waals surface area (Å²) in [6, 6.07) is 0. The van der Waals surface area contributed by atoms with Crippen LogP contribution in [0.2, 0.25) is 0 Å². The van der Waals surface area contributed by atoms with E-state index in [1.165, 1.54) is 0 Å². The van der Waals surface area contributed by atoms with E-state index in [1.54, 1.807) is 22.9 Å². The van der Waals surface area contributed by atoms with Crippen LogP contribution in [-0.2, 0) is 32.7 Å². The molecular weight excluding hydrogens is 310 g/mol. The molecule has 7 nitrogen and oxygen atoms in total. The molecule has 2 fully saturated rings. The van der Waals surface area contributed by atoms with Crippen LogP contribution >= 0.6 is 0 Å². The van der Waals surface area contributed by atoms with Crippen LogP contribution in [0.1, 0.15) is 37.7 Å². The lowest BCUT2D eigenvalue weighted by atomic mass is 9.84. The minimum Gasteiger partial charge on any atom is -0.458 e. The lowest BCUT2D eigenvalue weighted by Crippen LogP contribution is -2.45. The third-order valence-electron chi connectivity index (χ3n) is 5.08. The number of aryl methyl sites for hydroxylation is 1. The van der Waals surface area contributed by atoms with Gasteiger partial charge in [-0.25, -0.2) is 0 Å².